The third kappa shape index (κ3) is 3.76. The van der Waals surface area contributed by atoms with Gasteiger partial charge in [0.25, 0.3) is 0 Å². The van der Waals surface area contributed by atoms with Gasteiger partial charge in [0.1, 0.15) is 0 Å². The lowest BCUT2D eigenvalue weighted by Gasteiger charge is -2.24. The lowest BCUT2D eigenvalue weighted by molar-refractivity contribution is 0.666. The quantitative estimate of drug-likeness (QED) is 0.178. The molecular formula is C47H32. The molecule has 0 aliphatic heterocycles. The lowest BCUT2D eigenvalue weighted by Crippen LogP contribution is -2.15. The van der Waals surface area contributed by atoms with Gasteiger partial charge in [-0.05, 0) is 111 Å². The Labute approximate surface area is 274 Å². The third-order valence-electron chi connectivity index (χ3n) is 10.8. The van der Waals surface area contributed by atoms with E-state index in [4.69, 9.17) is 0 Å². The largest absolute Gasteiger partial charge is 0.0622 e. The highest BCUT2D eigenvalue weighted by atomic mass is 14.4. The molecule has 1 aliphatic rings. The number of fused-ring (bicyclic) bond motifs is 5. The summed E-state index contributed by atoms with van der Waals surface area (Å²) in [6.45, 7) is 4.78. The van der Waals surface area contributed by atoms with Gasteiger partial charge in [0.15, 0.2) is 0 Å². The van der Waals surface area contributed by atoms with Crippen LogP contribution in [0.25, 0.3) is 87.6 Å². The van der Waals surface area contributed by atoms with Crippen LogP contribution in [0.2, 0.25) is 0 Å². The second-order valence-electron chi connectivity index (χ2n) is 13.7. The Morgan fingerprint density at radius 2 is 0.936 bits per heavy atom. The van der Waals surface area contributed by atoms with Crippen molar-refractivity contribution in [1.29, 1.82) is 0 Å². The average Bonchev–Trinajstić information content (AvgIpc) is 3.36. The van der Waals surface area contributed by atoms with Gasteiger partial charge in [-0.1, -0.05) is 159 Å². The summed E-state index contributed by atoms with van der Waals surface area (Å²) in [5, 5.41) is 10.6. The van der Waals surface area contributed by atoms with E-state index in [1.165, 1.54) is 98.7 Å². The molecular weight excluding hydrogens is 565 g/mol. The molecule has 0 bridgehead atoms. The number of hydrogen-bond acceptors (Lipinski definition) is 0. The third-order valence-corrected chi connectivity index (χ3v) is 10.8. The summed E-state index contributed by atoms with van der Waals surface area (Å²) in [5.41, 5.74) is 13.0. The van der Waals surface area contributed by atoms with Gasteiger partial charge < -0.3 is 0 Å². The first-order chi connectivity index (χ1) is 23.1. The first-order valence-electron chi connectivity index (χ1n) is 16.6. The van der Waals surface area contributed by atoms with Crippen LogP contribution in [0.5, 0.6) is 0 Å². The highest BCUT2D eigenvalue weighted by Gasteiger charge is 2.37. The smallest absolute Gasteiger partial charge is 0.0165 e. The van der Waals surface area contributed by atoms with Crippen LogP contribution in [-0.4, -0.2) is 0 Å². The number of rotatable bonds is 3. The minimum absolute atomic E-state index is 0.101. The van der Waals surface area contributed by atoms with Crippen molar-refractivity contribution in [2.24, 2.45) is 0 Å². The minimum atomic E-state index is -0.101. The van der Waals surface area contributed by atoms with Gasteiger partial charge in [-0.15, -0.1) is 0 Å². The van der Waals surface area contributed by atoms with Crippen LogP contribution in [0, 0.1) is 0 Å². The highest BCUT2D eigenvalue weighted by Crippen LogP contribution is 2.52. The minimum Gasteiger partial charge on any atom is -0.0622 e. The maximum absolute atomic E-state index is 2.46. The monoisotopic (exact) mass is 596 g/mol. The molecule has 0 fully saturated rings. The lowest BCUT2D eigenvalue weighted by atomic mass is 9.79. The van der Waals surface area contributed by atoms with Crippen LogP contribution in [0.4, 0.5) is 0 Å². The molecule has 0 heteroatoms. The van der Waals surface area contributed by atoms with Crippen molar-refractivity contribution in [3.8, 4) is 44.5 Å². The summed E-state index contributed by atoms with van der Waals surface area (Å²) in [5.74, 6) is 0. The average molecular weight is 597 g/mol. The zero-order valence-corrected chi connectivity index (χ0v) is 26.5. The second-order valence-corrected chi connectivity index (χ2v) is 13.7. The zero-order chi connectivity index (χ0) is 31.3. The molecule has 1 aliphatic carbocycles. The first kappa shape index (κ1) is 26.5. The molecule has 0 heterocycles. The van der Waals surface area contributed by atoms with Crippen molar-refractivity contribution in [3.63, 3.8) is 0 Å². The van der Waals surface area contributed by atoms with Crippen molar-refractivity contribution < 1.29 is 0 Å². The number of benzene rings is 9. The maximum Gasteiger partial charge on any atom is 0.0165 e. The molecule has 0 spiro atoms. The van der Waals surface area contributed by atoms with Crippen LogP contribution in [-0.2, 0) is 5.41 Å². The van der Waals surface area contributed by atoms with Crippen LogP contribution in [0.1, 0.15) is 25.0 Å². The molecule has 47 heavy (non-hydrogen) atoms. The molecule has 0 saturated heterocycles. The van der Waals surface area contributed by atoms with Gasteiger partial charge in [0.2, 0.25) is 0 Å². The Hall–Kier alpha value is -5.72. The van der Waals surface area contributed by atoms with Crippen molar-refractivity contribution in [3.05, 3.63) is 169 Å². The first-order valence-corrected chi connectivity index (χ1v) is 16.6. The topological polar surface area (TPSA) is 0 Å². The summed E-state index contributed by atoms with van der Waals surface area (Å²) >= 11 is 0. The van der Waals surface area contributed by atoms with Gasteiger partial charge >= 0.3 is 0 Å². The normalized spacial score (nSPS) is 13.5. The Bertz CT molecular complexity index is 2670. The summed E-state index contributed by atoms with van der Waals surface area (Å²) < 4.78 is 0. The van der Waals surface area contributed by atoms with E-state index >= 15 is 0 Å². The summed E-state index contributed by atoms with van der Waals surface area (Å²) in [4.78, 5) is 0. The molecule has 0 nitrogen and oxygen atoms in total. The van der Waals surface area contributed by atoms with E-state index in [0.717, 1.165) is 0 Å². The van der Waals surface area contributed by atoms with Gasteiger partial charge in [-0.2, -0.15) is 0 Å². The van der Waals surface area contributed by atoms with Crippen molar-refractivity contribution in [2.75, 3.05) is 0 Å². The second kappa shape index (κ2) is 9.64. The fraction of sp³-hybridized carbons (Fsp3) is 0.0638. The van der Waals surface area contributed by atoms with E-state index in [2.05, 4.69) is 172 Å². The van der Waals surface area contributed by atoms with Crippen molar-refractivity contribution >= 4 is 43.1 Å². The van der Waals surface area contributed by atoms with Gasteiger partial charge in [0.05, 0.1) is 0 Å². The molecule has 0 radical (unpaired) electrons. The van der Waals surface area contributed by atoms with E-state index < -0.39 is 0 Å². The van der Waals surface area contributed by atoms with Gasteiger partial charge in [-0.25, -0.2) is 0 Å². The van der Waals surface area contributed by atoms with E-state index in [-0.39, 0.29) is 5.41 Å². The molecule has 10 rings (SSSR count). The molecule has 0 saturated carbocycles. The fourth-order valence-corrected chi connectivity index (χ4v) is 8.57. The Morgan fingerprint density at radius 3 is 1.77 bits per heavy atom. The van der Waals surface area contributed by atoms with Crippen LogP contribution in [0.3, 0.4) is 0 Å². The summed E-state index contributed by atoms with van der Waals surface area (Å²) in [6.07, 6.45) is 0. The molecule has 9 aromatic rings. The summed E-state index contributed by atoms with van der Waals surface area (Å²) in [6, 6.07) is 58.9. The molecule has 0 aromatic heterocycles. The Morgan fingerprint density at radius 1 is 0.340 bits per heavy atom. The maximum atomic E-state index is 2.46. The molecule has 0 atom stereocenters. The predicted molar refractivity (Wildman–Crippen MR) is 202 cm³/mol. The standard InChI is InChI=1S/C47H32/c1-47(2)43-28-35(21-24-39(43)41-26-17-30-11-6-7-14-38(30)46(41)47)37-23-20-34(27-42(37)29-9-4-3-5-10-29)36-22-18-33-16-15-31-12-8-13-32-19-25-40(36)45(33)44(31)32/h3-28H,1-2H3. The molecule has 0 N–H and O–H groups in total. The highest BCUT2D eigenvalue weighted by molar-refractivity contribution is 6.25. The Kier molecular flexibility index (Phi) is 5.44. The van der Waals surface area contributed by atoms with E-state index in [0.29, 0.717) is 0 Å². The number of hydrogen-bond donors (Lipinski definition) is 0. The molecule has 220 valence electrons. The van der Waals surface area contributed by atoms with Crippen LogP contribution in [0.15, 0.2) is 158 Å². The van der Waals surface area contributed by atoms with Crippen LogP contribution < -0.4 is 0 Å². The van der Waals surface area contributed by atoms with E-state index in [1.807, 2.05) is 0 Å². The van der Waals surface area contributed by atoms with Crippen LogP contribution >= 0.6 is 0 Å². The zero-order valence-electron chi connectivity index (χ0n) is 26.5. The summed E-state index contributed by atoms with van der Waals surface area (Å²) in [7, 11) is 0. The van der Waals surface area contributed by atoms with Crippen molar-refractivity contribution in [2.45, 2.75) is 19.3 Å². The SMILES string of the molecule is CC1(C)c2cc(-c3ccc(-c4ccc5ccc6cccc7ccc4c5c67)cc3-c3ccccc3)ccc2-c2ccc3ccccc3c21. The molecule has 0 amide bonds. The van der Waals surface area contributed by atoms with Gasteiger partial charge in [0, 0.05) is 5.41 Å². The predicted octanol–water partition coefficient (Wildman–Crippen LogP) is 13.0. The molecule has 9 aromatic carbocycles. The van der Waals surface area contributed by atoms with E-state index in [1.54, 1.807) is 0 Å². The van der Waals surface area contributed by atoms with Crippen molar-refractivity contribution in [1.82, 2.24) is 0 Å². The van der Waals surface area contributed by atoms with E-state index in [9.17, 15) is 0 Å². The fourth-order valence-electron chi connectivity index (χ4n) is 8.57. The Balaban J connectivity index is 1.17. The molecule has 0 unspecified atom stereocenters. The van der Waals surface area contributed by atoms with Gasteiger partial charge in [-0.3, -0.25) is 0 Å².